The van der Waals surface area contributed by atoms with E-state index in [0.29, 0.717) is 35.4 Å². The minimum absolute atomic E-state index is 0.283. The number of hydrogen-bond donors (Lipinski definition) is 1. The highest BCUT2D eigenvalue weighted by Gasteiger charge is 2.24. The Morgan fingerprint density at radius 3 is 2.50 bits per heavy atom. The molecule has 0 radical (unpaired) electrons. The summed E-state index contributed by atoms with van der Waals surface area (Å²) in [4.78, 5) is 28.2. The molecular weight excluding hydrogens is 584 g/mol. The number of ether oxygens (including phenoxy) is 2. The molecule has 0 bridgehead atoms. The number of benzene rings is 2. The summed E-state index contributed by atoms with van der Waals surface area (Å²) in [5.74, 6) is -0.495. The predicted molar refractivity (Wildman–Crippen MR) is 134 cm³/mol. The normalized spacial score (nSPS) is 10.6. The SMILES string of the molecule is COCCN(Cc1ccc(Br)s1)C(=O)C(=O)Nc1cc(Br)ccc1Oc1ccc(Cl)cc1. The molecule has 2 aromatic carbocycles. The van der Waals surface area contributed by atoms with Crippen molar-refractivity contribution in [2.45, 2.75) is 6.54 Å². The van der Waals surface area contributed by atoms with Gasteiger partial charge in [0.25, 0.3) is 0 Å². The third kappa shape index (κ3) is 7.05. The van der Waals surface area contributed by atoms with Gasteiger partial charge in [-0.2, -0.15) is 0 Å². The van der Waals surface area contributed by atoms with E-state index in [0.717, 1.165) is 13.1 Å². The molecule has 10 heteroatoms. The average molecular weight is 603 g/mol. The van der Waals surface area contributed by atoms with Crippen molar-refractivity contribution in [2.24, 2.45) is 0 Å². The predicted octanol–water partition coefficient (Wildman–Crippen LogP) is 6.33. The Morgan fingerprint density at radius 1 is 1.09 bits per heavy atom. The summed E-state index contributed by atoms with van der Waals surface area (Å²) >= 11 is 14.2. The van der Waals surface area contributed by atoms with E-state index in [1.165, 1.54) is 16.2 Å². The van der Waals surface area contributed by atoms with Crippen LogP contribution in [0.15, 0.2) is 62.9 Å². The minimum Gasteiger partial charge on any atom is -0.455 e. The second-order valence-corrected chi connectivity index (χ2v) is 10.5. The summed E-state index contributed by atoms with van der Waals surface area (Å²) in [6.45, 7) is 0.900. The van der Waals surface area contributed by atoms with E-state index in [4.69, 9.17) is 21.1 Å². The zero-order valence-electron chi connectivity index (χ0n) is 16.9. The molecular formula is C22H19Br2ClN2O4S. The zero-order valence-corrected chi connectivity index (χ0v) is 21.7. The molecule has 0 saturated heterocycles. The highest BCUT2D eigenvalue weighted by atomic mass is 79.9. The maximum Gasteiger partial charge on any atom is 0.314 e. The van der Waals surface area contributed by atoms with Gasteiger partial charge in [0.15, 0.2) is 5.75 Å². The van der Waals surface area contributed by atoms with E-state index in [1.807, 2.05) is 12.1 Å². The number of carbonyl (C=O) groups excluding carboxylic acids is 2. The number of methoxy groups -OCH3 is 1. The number of anilines is 1. The van der Waals surface area contributed by atoms with Gasteiger partial charge in [-0.3, -0.25) is 9.59 Å². The minimum atomic E-state index is -0.768. The van der Waals surface area contributed by atoms with Crippen molar-refractivity contribution in [3.8, 4) is 11.5 Å². The largest absolute Gasteiger partial charge is 0.455 e. The average Bonchev–Trinajstić information content (AvgIpc) is 3.18. The Bertz CT molecular complexity index is 1090. The van der Waals surface area contributed by atoms with Gasteiger partial charge in [0, 0.05) is 28.0 Å². The lowest BCUT2D eigenvalue weighted by atomic mass is 10.2. The monoisotopic (exact) mass is 600 g/mol. The number of thiophene rings is 1. The molecule has 1 aromatic heterocycles. The van der Waals surface area contributed by atoms with E-state index in [-0.39, 0.29) is 6.54 Å². The van der Waals surface area contributed by atoms with Gasteiger partial charge in [-0.05, 0) is 70.5 Å². The molecule has 0 aliphatic carbocycles. The number of hydrogen-bond acceptors (Lipinski definition) is 5. The van der Waals surface area contributed by atoms with Gasteiger partial charge in [-0.1, -0.05) is 27.5 Å². The van der Waals surface area contributed by atoms with E-state index < -0.39 is 11.8 Å². The molecule has 1 heterocycles. The van der Waals surface area contributed by atoms with Gasteiger partial charge in [0.05, 0.1) is 22.6 Å². The first-order valence-electron chi connectivity index (χ1n) is 9.42. The number of halogens is 3. The first-order chi connectivity index (χ1) is 15.4. The van der Waals surface area contributed by atoms with Crippen molar-refractivity contribution in [1.29, 1.82) is 0 Å². The standard InChI is InChI=1S/C22H19Br2ClN2O4S/c1-30-11-10-27(13-17-7-9-20(24)32-17)22(29)21(28)26-18-12-14(23)2-8-19(18)31-16-5-3-15(25)4-6-16/h2-9,12H,10-11,13H2,1H3,(H,26,28). The molecule has 0 saturated carbocycles. The highest BCUT2D eigenvalue weighted by molar-refractivity contribution is 9.11. The number of nitrogens with one attached hydrogen (secondary N) is 1. The van der Waals surface area contributed by atoms with Crippen LogP contribution in [0.5, 0.6) is 11.5 Å². The summed E-state index contributed by atoms with van der Waals surface area (Å²) in [7, 11) is 1.55. The summed E-state index contributed by atoms with van der Waals surface area (Å²) in [6, 6.07) is 15.8. The van der Waals surface area contributed by atoms with Crippen molar-refractivity contribution in [3.05, 3.63) is 72.8 Å². The Labute approximate surface area is 211 Å². The van der Waals surface area contributed by atoms with E-state index in [9.17, 15) is 9.59 Å². The van der Waals surface area contributed by atoms with Gasteiger partial charge < -0.3 is 19.7 Å². The fourth-order valence-corrected chi connectivity index (χ4v) is 4.70. The lowest BCUT2D eigenvalue weighted by Crippen LogP contribution is -2.40. The van der Waals surface area contributed by atoms with Crippen LogP contribution in [-0.2, 0) is 20.9 Å². The summed E-state index contributed by atoms with van der Waals surface area (Å²) in [5.41, 5.74) is 0.359. The Balaban J connectivity index is 1.76. The first-order valence-corrected chi connectivity index (χ1v) is 12.2. The fourth-order valence-electron chi connectivity index (χ4n) is 2.72. The molecule has 3 aromatic rings. The van der Waals surface area contributed by atoms with Crippen LogP contribution in [-0.4, -0.2) is 37.0 Å². The first kappa shape index (κ1) is 24.7. The second kappa shape index (κ2) is 11.8. The lowest BCUT2D eigenvalue weighted by molar-refractivity contribution is -0.144. The quantitative estimate of drug-likeness (QED) is 0.306. The number of rotatable bonds is 8. The molecule has 6 nitrogen and oxygen atoms in total. The maximum atomic E-state index is 12.9. The molecule has 0 fully saturated rings. The van der Waals surface area contributed by atoms with Crippen LogP contribution in [0.1, 0.15) is 4.88 Å². The van der Waals surface area contributed by atoms with Crippen LogP contribution in [0.3, 0.4) is 0 Å². The topological polar surface area (TPSA) is 67.9 Å². The smallest absolute Gasteiger partial charge is 0.314 e. The molecule has 0 atom stereocenters. The fraction of sp³-hybridized carbons (Fsp3) is 0.182. The van der Waals surface area contributed by atoms with Gasteiger partial charge in [0.1, 0.15) is 5.75 Å². The third-order valence-electron chi connectivity index (χ3n) is 4.25. The third-order valence-corrected chi connectivity index (χ3v) is 6.61. The number of carbonyl (C=O) groups is 2. The molecule has 0 aliphatic heterocycles. The van der Waals surface area contributed by atoms with E-state index in [2.05, 4.69) is 37.2 Å². The van der Waals surface area contributed by atoms with Gasteiger partial charge in [0.2, 0.25) is 0 Å². The van der Waals surface area contributed by atoms with Crippen LogP contribution < -0.4 is 10.1 Å². The molecule has 0 aliphatic rings. The molecule has 0 unspecified atom stereocenters. The highest BCUT2D eigenvalue weighted by Crippen LogP contribution is 2.33. The van der Waals surface area contributed by atoms with Crippen LogP contribution >= 0.6 is 54.8 Å². The molecule has 2 amide bonds. The summed E-state index contributed by atoms with van der Waals surface area (Å²) < 4.78 is 12.7. The van der Waals surface area contributed by atoms with Gasteiger partial charge >= 0.3 is 11.8 Å². The Kier molecular flexibility index (Phi) is 9.12. The summed E-state index contributed by atoms with van der Waals surface area (Å²) in [6.07, 6.45) is 0. The second-order valence-electron chi connectivity index (χ2n) is 6.58. The molecule has 168 valence electrons. The van der Waals surface area contributed by atoms with Crippen LogP contribution in [0.25, 0.3) is 0 Å². The molecule has 32 heavy (non-hydrogen) atoms. The van der Waals surface area contributed by atoms with Gasteiger partial charge in [-0.25, -0.2) is 0 Å². The van der Waals surface area contributed by atoms with Crippen LogP contribution in [0.2, 0.25) is 5.02 Å². The Morgan fingerprint density at radius 2 is 1.84 bits per heavy atom. The van der Waals surface area contributed by atoms with Crippen molar-refractivity contribution in [2.75, 3.05) is 25.6 Å². The van der Waals surface area contributed by atoms with E-state index >= 15 is 0 Å². The Hall–Kier alpha value is -1.91. The molecule has 1 N–H and O–H groups in total. The lowest BCUT2D eigenvalue weighted by Gasteiger charge is -2.21. The molecule has 3 rings (SSSR count). The van der Waals surface area contributed by atoms with Crippen LogP contribution in [0.4, 0.5) is 5.69 Å². The van der Waals surface area contributed by atoms with Crippen molar-refractivity contribution in [1.82, 2.24) is 4.90 Å². The van der Waals surface area contributed by atoms with Crippen molar-refractivity contribution < 1.29 is 19.1 Å². The summed E-state index contributed by atoms with van der Waals surface area (Å²) in [5, 5.41) is 3.26. The van der Waals surface area contributed by atoms with E-state index in [1.54, 1.807) is 49.6 Å². The number of amides is 2. The van der Waals surface area contributed by atoms with Crippen molar-refractivity contribution >= 4 is 72.3 Å². The zero-order chi connectivity index (χ0) is 23.1. The number of nitrogens with zero attached hydrogens (tertiary/aromatic N) is 1. The maximum absolute atomic E-state index is 12.9. The van der Waals surface area contributed by atoms with Gasteiger partial charge in [-0.15, -0.1) is 11.3 Å². The van der Waals surface area contributed by atoms with Crippen LogP contribution in [0, 0.1) is 0 Å². The van der Waals surface area contributed by atoms with Crippen molar-refractivity contribution in [3.63, 3.8) is 0 Å². The molecule has 0 spiro atoms.